The zero-order chi connectivity index (χ0) is 29.3. The average Bonchev–Trinajstić information content (AvgIpc) is 3.38. The van der Waals surface area contributed by atoms with E-state index in [4.69, 9.17) is 4.74 Å². The molecule has 0 spiro atoms. The summed E-state index contributed by atoms with van der Waals surface area (Å²) in [5, 5.41) is 2.58. The summed E-state index contributed by atoms with van der Waals surface area (Å²) in [5.74, 6) is -3.65. The van der Waals surface area contributed by atoms with Crippen LogP contribution in [0.5, 0.6) is 5.75 Å². The van der Waals surface area contributed by atoms with Crippen LogP contribution in [0.4, 0.5) is 18.0 Å². The molecule has 2 aromatic rings. The maximum absolute atomic E-state index is 14.2. The number of piperidine rings is 1. The van der Waals surface area contributed by atoms with E-state index in [0.717, 1.165) is 12.1 Å². The van der Waals surface area contributed by atoms with Gasteiger partial charge in [0.25, 0.3) is 0 Å². The molecule has 3 aliphatic rings. The van der Waals surface area contributed by atoms with Gasteiger partial charge in [-0.15, -0.1) is 0 Å². The molecule has 5 rings (SSSR count). The second kappa shape index (κ2) is 11.8. The summed E-state index contributed by atoms with van der Waals surface area (Å²) in [7, 11) is 0. The highest BCUT2D eigenvalue weighted by molar-refractivity contribution is 5.97. The first-order valence-electron chi connectivity index (χ1n) is 13.7. The first-order valence-corrected chi connectivity index (χ1v) is 13.7. The first kappa shape index (κ1) is 28.4. The van der Waals surface area contributed by atoms with Crippen LogP contribution in [0.1, 0.15) is 37.7 Å². The van der Waals surface area contributed by atoms with E-state index in [2.05, 4.69) is 5.32 Å². The van der Waals surface area contributed by atoms with Crippen LogP contribution in [0, 0.1) is 23.4 Å². The maximum atomic E-state index is 14.2. The van der Waals surface area contributed by atoms with Gasteiger partial charge in [-0.25, -0.2) is 18.0 Å². The lowest BCUT2D eigenvalue weighted by molar-refractivity contribution is -0.146. The van der Waals surface area contributed by atoms with Crippen LogP contribution in [0.25, 0.3) is 0 Å². The van der Waals surface area contributed by atoms with Gasteiger partial charge in [-0.3, -0.25) is 14.4 Å². The Hall–Kier alpha value is -4.09. The second-order valence-corrected chi connectivity index (χ2v) is 10.6. The topological polar surface area (TPSA) is 99.3 Å². The Morgan fingerprint density at radius 1 is 0.951 bits per heavy atom. The Morgan fingerprint density at radius 3 is 2.24 bits per heavy atom. The van der Waals surface area contributed by atoms with E-state index in [0.29, 0.717) is 31.5 Å². The van der Waals surface area contributed by atoms with E-state index in [1.807, 2.05) is 0 Å². The van der Waals surface area contributed by atoms with Gasteiger partial charge < -0.3 is 24.8 Å². The molecule has 12 heteroatoms. The quantitative estimate of drug-likeness (QED) is 0.537. The number of β-lactam (4-membered cyclic amide) rings is 1. The van der Waals surface area contributed by atoms with Crippen LogP contribution < -0.4 is 10.1 Å². The van der Waals surface area contributed by atoms with Crippen molar-refractivity contribution in [1.82, 2.24) is 20.0 Å². The summed E-state index contributed by atoms with van der Waals surface area (Å²) in [5.41, 5.74) is 0.445. The smallest absolute Gasteiger partial charge is 0.410 e. The Kier molecular flexibility index (Phi) is 8.18. The molecule has 0 radical (unpaired) electrons. The van der Waals surface area contributed by atoms with Crippen LogP contribution >= 0.6 is 0 Å². The van der Waals surface area contributed by atoms with Gasteiger partial charge in [0, 0.05) is 44.6 Å². The molecule has 4 amide bonds. The molecule has 2 aromatic carbocycles. The number of carbonyl (C=O) groups excluding carboxylic acids is 4. The Morgan fingerprint density at radius 2 is 1.63 bits per heavy atom. The van der Waals surface area contributed by atoms with Crippen LogP contribution in [-0.4, -0.2) is 83.3 Å². The summed E-state index contributed by atoms with van der Waals surface area (Å²) in [6, 6.07) is 7.46. The molecule has 9 nitrogen and oxygen atoms in total. The maximum Gasteiger partial charge on any atom is 0.415 e. The van der Waals surface area contributed by atoms with Crippen molar-refractivity contribution in [3.05, 3.63) is 65.5 Å². The number of hydrogen-bond acceptors (Lipinski definition) is 5. The molecule has 3 aliphatic heterocycles. The molecule has 0 saturated carbocycles. The van der Waals surface area contributed by atoms with Crippen molar-refractivity contribution in [2.24, 2.45) is 5.92 Å². The monoisotopic (exact) mass is 572 g/mol. The molecular weight excluding hydrogens is 541 g/mol. The number of nitrogens with one attached hydrogen (secondary N) is 1. The highest BCUT2D eigenvalue weighted by atomic mass is 19.2. The molecule has 218 valence electrons. The lowest BCUT2D eigenvalue weighted by Crippen LogP contribution is -2.59. The molecule has 3 atom stereocenters. The molecule has 41 heavy (non-hydrogen) atoms. The third kappa shape index (κ3) is 6.01. The van der Waals surface area contributed by atoms with E-state index in [9.17, 15) is 32.3 Å². The third-order valence-corrected chi connectivity index (χ3v) is 8.15. The molecular formula is C29H31F3N4O5. The largest absolute Gasteiger partial charge is 0.415 e. The molecule has 3 heterocycles. The number of likely N-dealkylation sites (N-methyl/N-ethyl adjacent to an activating group) is 1. The van der Waals surface area contributed by atoms with Crippen molar-refractivity contribution in [3.63, 3.8) is 0 Å². The number of benzene rings is 2. The minimum atomic E-state index is -1.03. The number of halogens is 3. The fourth-order valence-electron chi connectivity index (χ4n) is 5.85. The van der Waals surface area contributed by atoms with Crippen molar-refractivity contribution >= 4 is 23.8 Å². The van der Waals surface area contributed by atoms with E-state index >= 15 is 0 Å². The Bertz CT molecular complexity index is 1320. The number of rotatable bonds is 6. The number of nitrogens with zero attached hydrogens (tertiary/aromatic N) is 3. The van der Waals surface area contributed by atoms with Crippen LogP contribution in [0.3, 0.4) is 0 Å². The molecule has 0 aromatic heterocycles. The molecule has 1 unspecified atom stereocenters. The number of amides is 4. The average molecular weight is 573 g/mol. The summed E-state index contributed by atoms with van der Waals surface area (Å²) < 4.78 is 46.8. The Balaban J connectivity index is 1.30. The SMILES string of the molecule is CCN(C(=O)Oc1ccc(F)cc1)[C@@H]1CN(C(=O)C2CCN(C(=O)C3CC(=O)N3)CC2)C[C@H]1c1ccc(F)c(F)c1. The van der Waals surface area contributed by atoms with Crippen LogP contribution in [-0.2, 0) is 14.4 Å². The minimum Gasteiger partial charge on any atom is -0.410 e. The van der Waals surface area contributed by atoms with Gasteiger partial charge in [-0.2, -0.15) is 0 Å². The first-order chi connectivity index (χ1) is 19.6. The zero-order valence-electron chi connectivity index (χ0n) is 22.5. The van der Waals surface area contributed by atoms with Gasteiger partial charge >= 0.3 is 6.09 Å². The van der Waals surface area contributed by atoms with Gasteiger partial charge in [0.1, 0.15) is 17.6 Å². The van der Waals surface area contributed by atoms with E-state index in [1.54, 1.807) is 16.7 Å². The fraction of sp³-hybridized carbons (Fsp3) is 0.448. The normalized spacial score (nSPS) is 22.6. The fourth-order valence-corrected chi connectivity index (χ4v) is 5.85. The lowest BCUT2D eigenvalue weighted by Gasteiger charge is -2.37. The summed E-state index contributed by atoms with van der Waals surface area (Å²) in [6.45, 7) is 3.07. The Labute approximate surface area is 235 Å². The highest BCUT2D eigenvalue weighted by Gasteiger charge is 2.44. The summed E-state index contributed by atoms with van der Waals surface area (Å²) in [6.07, 6.45) is 0.370. The van der Waals surface area contributed by atoms with Gasteiger partial charge in [0.15, 0.2) is 11.6 Å². The molecule has 0 aliphatic carbocycles. The number of carbonyl (C=O) groups is 4. The van der Waals surface area contributed by atoms with Gasteiger partial charge in [-0.1, -0.05) is 6.07 Å². The summed E-state index contributed by atoms with van der Waals surface area (Å²) >= 11 is 0. The van der Waals surface area contributed by atoms with E-state index in [-0.39, 0.29) is 55.4 Å². The zero-order valence-corrected chi connectivity index (χ0v) is 22.5. The van der Waals surface area contributed by atoms with Crippen molar-refractivity contribution < 1.29 is 37.1 Å². The number of likely N-dealkylation sites (tertiary alicyclic amines) is 2. The van der Waals surface area contributed by atoms with Crippen molar-refractivity contribution in [2.75, 3.05) is 32.7 Å². The van der Waals surface area contributed by atoms with Crippen molar-refractivity contribution in [3.8, 4) is 5.75 Å². The van der Waals surface area contributed by atoms with E-state index < -0.39 is 41.5 Å². The van der Waals surface area contributed by atoms with Gasteiger partial charge in [0.2, 0.25) is 17.7 Å². The predicted molar refractivity (Wildman–Crippen MR) is 140 cm³/mol. The third-order valence-electron chi connectivity index (χ3n) is 8.15. The number of hydrogen-bond donors (Lipinski definition) is 1. The van der Waals surface area contributed by atoms with E-state index in [1.165, 1.54) is 35.2 Å². The van der Waals surface area contributed by atoms with Crippen LogP contribution in [0.15, 0.2) is 42.5 Å². The van der Waals surface area contributed by atoms with Gasteiger partial charge in [-0.05, 0) is 61.7 Å². The molecule has 3 fully saturated rings. The predicted octanol–water partition coefficient (Wildman–Crippen LogP) is 3.05. The van der Waals surface area contributed by atoms with Gasteiger partial charge in [0.05, 0.1) is 12.5 Å². The molecule has 1 N–H and O–H groups in total. The van der Waals surface area contributed by atoms with Crippen molar-refractivity contribution in [2.45, 2.75) is 44.2 Å². The van der Waals surface area contributed by atoms with Crippen molar-refractivity contribution in [1.29, 1.82) is 0 Å². The standard InChI is InChI=1S/C29H31F3N4O5/c1-2-36(29(40)41-20-6-4-19(30)5-7-20)25-16-35(15-21(25)18-3-8-22(31)23(32)13-18)27(38)17-9-11-34(12-10-17)28(39)24-14-26(37)33-24/h3-8,13,17,21,24-25H,2,9-12,14-16H2,1H3,(H,33,37)/t21-,24?,25+/m0/s1. The number of ether oxygens (including phenoxy) is 1. The molecule has 3 saturated heterocycles. The molecule has 0 bridgehead atoms. The second-order valence-electron chi connectivity index (χ2n) is 10.6. The highest BCUT2D eigenvalue weighted by Crippen LogP contribution is 2.34. The minimum absolute atomic E-state index is 0.132. The van der Waals surface area contributed by atoms with Crippen LogP contribution in [0.2, 0.25) is 0 Å². The lowest BCUT2D eigenvalue weighted by atomic mass is 9.93. The summed E-state index contributed by atoms with van der Waals surface area (Å²) in [4.78, 5) is 55.3.